The van der Waals surface area contributed by atoms with Crippen LogP contribution in [0, 0.1) is 5.41 Å². The van der Waals surface area contributed by atoms with Crippen molar-refractivity contribution in [3.05, 3.63) is 35.9 Å². The van der Waals surface area contributed by atoms with Gasteiger partial charge in [-0.2, -0.15) is 13.2 Å². The van der Waals surface area contributed by atoms with Gasteiger partial charge in [-0.15, -0.1) is 0 Å². The Kier molecular flexibility index (Phi) is 6.18. The maximum absolute atomic E-state index is 13.1. The SMILES string of the molecule is CC(C)(CCNC(=O)CC(c1ccccc1)C(F)(F)F)C(=O)O. The Hall–Kier alpha value is -2.05. The van der Waals surface area contributed by atoms with Crippen LogP contribution in [0.5, 0.6) is 0 Å². The first kappa shape index (κ1) is 19.0. The summed E-state index contributed by atoms with van der Waals surface area (Å²) in [5, 5.41) is 11.3. The lowest BCUT2D eigenvalue weighted by Gasteiger charge is -2.22. The van der Waals surface area contributed by atoms with Crippen LogP contribution in [0.1, 0.15) is 38.2 Å². The van der Waals surface area contributed by atoms with E-state index in [2.05, 4.69) is 5.32 Å². The van der Waals surface area contributed by atoms with E-state index in [-0.39, 0.29) is 18.5 Å². The van der Waals surface area contributed by atoms with Gasteiger partial charge in [0.1, 0.15) is 0 Å². The molecule has 0 aliphatic carbocycles. The van der Waals surface area contributed by atoms with Gasteiger partial charge >= 0.3 is 12.1 Å². The van der Waals surface area contributed by atoms with Crippen molar-refractivity contribution in [1.82, 2.24) is 5.32 Å². The van der Waals surface area contributed by atoms with Crippen LogP contribution in [-0.2, 0) is 9.59 Å². The van der Waals surface area contributed by atoms with E-state index >= 15 is 0 Å². The van der Waals surface area contributed by atoms with E-state index in [1.165, 1.54) is 38.1 Å². The lowest BCUT2D eigenvalue weighted by Crippen LogP contribution is -2.34. The molecule has 0 saturated carbocycles. The molecule has 1 unspecified atom stereocenters. The van der Waals surface area contributed by atoms with Gasteiger partial charge < -0.3 is 10.4 Å². The second-order valence-corrected chi connectivity index (χ2v) is 6.00. The number of aliphatic carboxylic acids is 1. The Morgan fingerprint density at radius 2 is 1.74 bits per heavy atom. The van der Waals surface area contributed by atoms with Gasteiger partial charge in [-0.25, -0.2) is 0 Å². The minimum atomic E-state index is -4.53. The first-order valence-electron chi connectivity index (χ1n) is 7.16. The van der Waals surface area contributed by atoms with Crippen molar-refractivity contribution in [2.75, 3.05) is 6.54 Å². The molecule has 0 radical (unpaired) electrons. The van der Waals surface area contributed by atoms with Crippen molar-refractivity contribution < 1.29 is 27.9 Å². The third-order valence-corrected chi connectivity index (χ3v) is 3.64. The lowest BCUT2D eigenvalue weighted by atomic mass is 9.89. The number of carbonyl (C=O) groups excluding carboxylic acids is 1. The Morgan fingerprint density at radius 1 is 1.17 bits per heavy atom. The number of rotatable bonds is 7. The van der Waals surface area contributed by atoms with Gasteiger partial charge in [0.2, 0.25) is 5.91 Å². The van der Waals surface area contributed by atoms with Crippen LogP contribution in [-0.4, -0.2) is 29.7 Å². The molecule has 0 aliphatic rings. The summed E-state index contributed by atoms with van der Waals surface area (Å²) in [4.78, 5) is 22.7. The summed E-state index contributed by atoms with van der Waals surface area (Å²) < 4.78 is 39.4. The van der Waals surface area contributed by atoms with Gasteiger partial charge in [-0.05, 0) is 25.8 Å². The van der Waals surface area contributed by atoms with Gasteiger partial charge in [-0.3, -0.25) is 9.59 Å². The number of carboxylic acid groups (broad SMARTS) is 1. The highest BCUT2D eigenvalue weighted by Gasteiger charge is 2.41. The van der Waals surface area contributed by atoms with Crippen LogP contribution in [0.2, 0.25) is 0 Å². The highest BCUT2D eigenvalue weighted by molar-refractivity contribution is 5.77. The van der Waals surface area contributed by atoms with Crippen LogP contribution in [0.3, 0.4) is 0 Å². The molecule has 2 N–H and O–H groups in total. The molecule has 0 saturated heterocycles. The second kappa shape index (κ2) is 7.48. The van der Waals surface area contributed by atoms with Gasteiger partial charge in [0.05, 0.1) is 11.3 Å². The third kappa shape index (κ3) is 5.92. The summed E-state index contributed by atoms with van der Waals surface area (Å²) in [5.41, 5.74) is -1.02. The number of nitrogens with one attached hydrogen (secondary N) is 1. The van der Waals surface area contributed by atoms with Crippen LogP contribution < -0.4 is 5.32 Å². The number of hydrogen-bond acceptors (Lipinski definition) is 2. The van der Waals surface area contributed by atoms with Crippen LogP contribution in [0.25, 0.3) is 0 Å². The Balaban J connectivity index is 2.64. The maximum atomic E-state index is 13.1. The molecule has 1 aromatic carbocycles. The van der Waals surface area contributed by atoms with Gasteiger partial charge in [0.25, 0.3) is 0 Å². The Morgan fingerprint density at radius 3 is 2.22 bits per heavy atom. The van der Waals surface area contributed by atoms with Gasteiger partial charge in [-0.1, -0.05) is 30.3 Å². The van der Waals surface area contributed by atoms with Crippen LogP contribution in [0.15, 0.2) is 30.3 Å². The van der Waals surface area contributed by atoms with Crippen molar-refractivity contribution in [2.45, 2.75) is 38.8 Å². The topological polar surface area (TPSA) is 66.4 Å². The zero-order chi connectivity index (χ0) is 17.7. The molecule has 4 nitrogen and oxygen atoms in total. The molecule has 128 valence electrons. The van der Waals surface area contributed by atoms with E-state index in [4.69, 9.17) is 5.11 Å². The predicted molar refractivity (Wildman–Crippen MR) is 78.9 cm³/mol. The molecule has 7 heteroatoms. The predicted octanol–water partition coefficient (Wildman–Crippen LogP) is 3.34. The third-order valence-electron chi connectivity index (χ3n) is 3.64. The second-order valence-electron chi connectivity index (χ2n) is 6.00. The number of hydrogen-bond donors (Lipinski definition) is 2. The highest BCUT2D eigenvalue weighted by atomic mass is 19.4. The van der Waals surface area contributed by atoms with Crippen molar-refractivity contribution in [1.29, 1.82) is 0 Å². The van der Waals surface area contributed by atoms with E-state index in [0.29, 0.717) is 0 Å². The first-order valence-corrected chi connectivity index (χ1v) is 7.16. The van der Waals surface area contributed by atoms with E-state index in [0.717, 1.165) is 0 Å². The lowest BCUT2D eigenvalue weighted by molar-refractivity contribution is -0.157. The molecule has 0 bridgehead atoms. The first-order chi connectivity index (χ1) is 10.5. The smallest absolute Gasteiger partial charge is 0.396 e. The number of halogens is 3. The maximum Gasteiger partial charge on any atom is 0.396 e. The molecule has 0 spiro atoms. The average molecular weight is 331 g/mol. The summed E-state index contributed by atoms with van der Waals surface area (Å²) in [6, 6.07) is 7.24. The zero-order valence-electron chi connectivity index (χ0n) is 13.0. The normalized spacial score (nSPS) is 13.4. The minimum absolute atomic E-state index is 0.0114. The summed E-state index contributed by atoms with van der Waals surface area (Å²) in [5.74, 6) is -3.65. The zero-order valence-corrected chi connectivity index (χ0v) is 13.0. The molecule has 0 aromatic heterocycles. The van der Waals surface area contributed by atoms with Crippen molar-refractivity contribution in [2.24, 2.45) is 5.41 Å². The molecule has 23 heavy (non-hydrogen) atoms. The number of amides is 1. The largest absolute Gasteiger partial charge is 0.481 e. The fourth-order valence-corrected chi connectivity index (χ4v) is 1.99. The fourth-order valence-electron chi connectivity index (χ4n) is 1.99. The quantitative estimate of drug-likeness (QED) is 0.805. The van der Waals surface area contributed by atoms with Gasteiger partial charge in [0, 0.05) is 13.0 Å². The summed E-state index contributed by atoms with van der Waals surface area (Å²) >= 11 is 0. The summed E-state index contributed by atoms with van der Waals surface area (Å²) in [6.45, 7) is 2.99. The molecular formula is C16H20F3NO3. The van der Waals surface area contributed by atoms with Gasteiger partial charge in [0.15, 0.2) is 0 Å². The molecular weight excluding hydrogens is 311 g/mol. The van der Waals surface area contributed by atoms with E-state index in [1.807, 2.05) is 0 Å². The van der Waals surface area contributed by atoms with Crippen LogP contribution >= 0.6 is 0 Å². The number of alkyl halides is 3. The van der Waals surface area contributed by atoms with Crippen molar-refractivity contribution in [3.63, 3.8) is 0 Å². The standard InChI is InChI=1S/C16H20F3NO3/c1-15(2,14(22)23)8-9-20-13(21)10-12(16(17,18)19)11-6-4-3-5-7-11/h3-7,12H,8-10H2,1-2H3,(H,20,21)(H,22,23). The van der Waals surface area contributed by atoms with E-state index < -0.39 is 35.8 Å². The summed E-state index contributed by atoms with van der Waals surface area (Å²) in [6.07, 6.45) is -5.11. The molecule has 1 aromatic rings. The molecule has 0 fully saturated rings. The van der Waals surface area contributed by atoms with E-state index in [1.54, 1.807) is 6.07 Å². The Bertz CT molecular complexity index is 541. The monoisotopic (exact) mass is 331 g/mol. The number of carboxylic acids is 1. The Labute approximate surface area is 132 Å². The molecule has 1 atom stereocenters. The minimum Gasteiger partial charge on any atom is -0.481 e. The number of carbonyl (C=O) groups is 2. The molecule has 0 heterocycles. The fraction of sp³-hybridized carbons (Fsp3) is 0.500. The average Bonchev–Trinajstić information content (AvgIpc) is 2.44. The van der Waals surface area contributed by atoms with Crippen molar-refractivity contribution >= 4 is 11.9 Å². The molecule has 1 amide bonds. The summed E-state index contributed by atoms with van der Waals surface area (Å²) in [7, 11) is 0. The van der Waals surface area contributed by atoms with Crippen molar-refractivity contribution in [3.8, 4) is 0 Å². The molecule has 1 rings (SSSR count). The highest BCUT2D eigenvalue weighted by Crippen LogP contribution is 2.37. The van der Waals surface area contributed by atoms with Crippen LogP contribution in [0.4, 0.5) is 13.2 Å². The van der Waals surface area contributed by atoms with E-state index in [9.17, 15) is 22.8 Å². The molecule has 0 aliphatic heterocycles. The number of benzene rings is 1.